The van der Waals surface area contributed by atoms with Crippen molar-refractivity contribution in [2.75, 3.05) is 0 Å². The lowest BCUT2D eigenvalue weighted by Crippen LogP contribution is -2.26. The van der Waals surface area contributed by atoms with Gasteiger partial charge in [0.25, 0.3) is 0 Å². The van der Waals surface area contributed by atoms with Gasteiger partial charge in [-0.3, -0.25) is 4.79 Å². The van der Waals surface area contributed by atoms with Gasteiger partial charge in [0, 0.05) is 6.42 Å². The van der Waals surface area contributed by atoms with Crippen LogP contribution in [0.3, 0.4) is 0 Å². The quantitative estimate of drug-likeness (QED) is 0.503. The zero-order chi connectivity index (χ0) is 12.4. The summed E-state index contributed by atoms with van der Waals surface area (Å²) < 4.78 is 0. The zero-order valence-electron chi connectivity index (χ0n) is 10.1. The molecule has 0 radical (unpaired) electrons. The first-order chi connectivity index (χ1) is 7.57. The van der Waals surface area contributed by atoms with E-state index in [4.69, 9.17) is 5.11 Å². The second kappa shape index (κ2) is 9.60. The van der Waals surface area contributed by atoms with E-state index in [0.717, 1.165) is 19.3 Å². The number of aliphatic hydroxyl groups is 2. The molecule has 2 atom stereocenters. The smallest absolute Gasteiger partial charge is 0.303 e. The number of hydrogen-bond acceptors (Lipinski definition) is 3. The monoisotopic (exact) mass is 232 g/mol. The van der Waals surface area contributed by atoms with Gasteiger partial charge in [-0.1, -0.05) is 39.0 Å². The Hall–Kier alpha value is -0.610. The third-order valence-corrected chi connectivity index (χ3v) is 2.70. The zero-order valence-corrected chi connectivity index (χ0v) is 10.1. The third kappa shape index (κ3) is 8.68. The summed E-state index contributed by atoms with van der Waals surface area (Å²) >= 11 is 0. The van der Waals surface area contributed by atoms with Gasteiger partial charge in [0.2, 0.25) is 0 Å². The number of aliphatic carboxylic acids is 1. The van der Waals surface area contributed by atoms with Crippen LogP contribution in [0.2, 0.25) is 0 Å². The lowest BCUT2D eigenvalue weighted by atomic mass is 10.0. The van der Waals surface area contributed by atoms with E-state index in [2.05, 4.69) is 6.92 Å². The van der Waals surface area contributed by atoms with E-state index in [1.807, 2.05) is 0 Å². The second-order valence-electron chi connectivity index (χ2n) is 4.27. The predicted octanol–water partition coefficient (Wildman–Crippen LogP) is 1.93. The molecule has 0 bridgehead atoms. The minimum atomic E-state index is -0.936. The summed E-state index contributed by atoms with van der Waals surface area (Å²) in [6.07, 6.45) is 4.44. The van der Waals surface area contributed by atoms with E-state index in [9.17, 15) is 15.0 Å². The topological polar surface area (TPSA) is 77.8 Å². The fraction of sp³-hybridized carbons (Fsp3) is 0.917. The molecule has 0 saturated carbocycles. The Morgan fingerprint density at radius 3 is 2.12 bits per heavy atom. The number of carboxylic acids is 1. The van der Waals surface area contributed by atoms with Crippen LogP contribution in [-0.2, 0) is 4.79 Å². The van der Waals surface area contributed by atoms with Crippen molar-refractivity contribution >= 4 is 5.97 Å². The maximum Gasteiger partial charge on any atom is 0.303 e. The Morgan fingerprint density at radius 1 is 1.00 bits per heavy atom. The number of carbonyl (C=O) groups is 1. The molecule has 16 heavy (non-hydrogen) atoms. The van der Waals surface area contributed by atoms with Gasteiger partial charge >= 0.3 is 5.97 Å². The first-order valence-electron chi connectivity index (χ1n) is 6.15. The van der Waals surface area contributed by atoms with Gasteiger partial charge in [0.05, 0.1) is 12.2 Å². The molecule has 0 aliphatic carbocycles. The lowest BCUT2D eigenvalue weighted by molar-refractivity contribution is -0.138. The molecule has 0 fully saturated rings. The van der Waals surface area contributed by atoms with Crippen LogP contribution in [0, 0.1) is 0 Å². The summed E-state index contributed by atoms with van der Waals surface area (Å²) in [6, 6.07) is 0. The van der Waals surface area contributed by atoms with Crippen molar-refractivity contribution in [3.8, 4) is 0 Å². The molecule has 4 nitrogen and oxygen atoms in total. The van der Waals surface area contributed by atoms with Gasteiger partial charge in [-0.25, -0.2) is 0 Å². The van der Waals surface area contributed by atoms with Crippen LogP contribution < -0.4 is 0 Å². The van der Waals surface area contributed by atoms with Crippen molar-refractivity contribution in [3.05, 3.63) is 0 Å². The molecule has 4 heteroatoms. The number of hydrogen-bond donors (Lipinski definition) is 3. The van der Waals surface area contributed by atoms with Crippen LogP contribution in [0.4, 0.5) is 0 Å². The largest absolute Gasteiger partial charge is 0.481 e. The molecule has 96 valence electrons. The molecular formula is C12H24O4. The van der Waals surface area contributed by atoms with Crippen molar-refractivity contribution in [1.29, 1.82) is 0 Å². The van der Waals surface area contributed by atoms with E-state index in [0.29, 0.717) is 6.42 Å². The van der Waals surface area contributed by atoms with Crippen molar-refractivity contribution in [2.24, 2.45) is 0 Å². The first-order valence-corrected chi connectivity index (χ1v) is 6.15. The second-order valence-corrected chi connectivity index (χ2v) is 4.27. The molecule has 3 N–H and O–H groups in total. The van der Waals surface area contributed by atoms with Gasteiger partial charge in [-0.2, -0.15) is 0 Å². The molecule has 0 spiro atoms. The van der Waals surface area contributed by atoms with Crippen LogP contribution >= 0.6 is 0 Å². The van der Waals surface area contributed by atoms with Gasteiger partial charge < -0.3 is 15.3 Å². The first kappa shape index (κ1) is 15.4. The summed E-state index contributed by atoms with van der Waals surface area (Å²) in [6.45, 7) is 2.14. The molecule has 0 aromatic carbocycles. The normalized spacial score (nSPS) is 14.7. The van der Waals surface area contributed by atoms with E-state index in [1.165, 1.54) is 12.8 Å². The highest BCUT2D eigenvalue weighted by atomic mass is 16.4. The van der Waals surface area contributed by atoms with Crippen molar-refractivity contribution < 1.29 is 20.1 Å². The average molecular weight is 232 g/mol. The Balaban J connectivity index is 3.47. The molecule has 2 unspecified atom stereocenters. The van der Waals surface area contributed by atoms with Crippen molar-refractivity contribution in [3.63, 3.8) is 0 Å². The minimum absolute atomic E-state index is 0.0892. The highest BCUT2D eigenvalue weighted by Crippen LogP contribution is 2.12. The summed E-state index contributed by atoms with van der Waals surface area (Å²) in [7, 11) is 0. The summed E-state index contributed by atoms with van der Waals surface area (Å²) in [4.78, 5) is 10.3. The third-order valence-electron chi connectivity index (χ3n) is 2.70. The van der Waals surface area contributed by atoms with Gasteiger partial charge in [0.15, 0.2) is 0 Å². The molecule has 0 aliphatic heterocycles. The summed E-state index contributed by atoms with van der Waals surface area (Å²) in [5.74, 6) is -0.936. The van der Waals surface area contributed by atoms with E-state index in [1.54, 1.807) is 0 Å². The summed E-state index contributed by atoms with van der Waals surface area (Å²) in [5, 5.41) is 27.4. The highest BCUT2D eigenvalue weighted by Gasteiger charge is 2.16. The Morgan fingerprint density at radius 2 is 1.56 bits per heavy atom. The number of rotatable bonds is 10. The van der Waals surface area contributed by atoms with E-state index >= 15 is 0 Å². The van der Waals surface area contributed by atoms with Crippen LogP contribution in [0.25, 0.3) is 0 Å². The maximum absolute atomic E-state index is 10.3. The van der Waals surface area contributed by atoms with Crippen LogP contribution in [0.1, 0.15) is 58.3 Å². The number of unbranched alkanes of at least 4 members (excludes halogenated alkanes) is 4. The van der Waals surface area contributed by atoms with E-state index in [-0.39, 0.29) is 12.8 Å². The Kier molecular flexibility index (Phi) is 9.24. The molecular weight excluding hydrogens is 208 g/mol. The average Bonchev–Trinajstić information content (AvgIpc) is 2.25. The van der Waals surface area contributed by atoms with Gasteiger partial charge in [0.1, 0.15) is 0 Å². The van der Waals surface area contributed by atoms with Gasteiger partial charge in [-0.15, -0.1) is 0 Å². The standard InChI is InChI=1S/C12H24O4/c1-2-3-4-5-6-7-10(13)11(14)8-9-12(15)16/h10-11,13-14H,2-9H2,1H3,(H,15,16). The van der Waals surface area contributed by atoms with Crippen LogP contribution in [-0.4, -0.2) is 33.5 Å². The fourth-order valence-corrected chi connectivity index (χ4v) is 1.61. The minimum Gasteiger partial charge on any atom is -0.481 e. The maximum atomic E-state index is 10.3. The summed E-state index contributed by atoms with van der Waals surface area (Å²) in [5.41, 5.74) is 0. The Bertz CT molecular complexity index is 182. The van der Waals surface area contributed by atoms with Crippen LogP contribution in [0.15, 0.2) is 0 Å². The Labute approximate surface area is 97.3 Å². The molecule has 0 amide bonds. The number of carboxylic acid groups (broad SMARTS) is 1. The van der Waals surface area contributed by atoms with Crippen molar-refractivity contribution in [1.82, 2.24) is 0 Å². The molecule has 0 aromatic heterocycles. The van der Waals surface area contributed by atoms with Crippen LogP contribution in [0.5, 0.6) is 0 Å². The molecule has 0 aliphatic rings. The molecule has 0 heterocycles. The molecule has 0 saturated heterocycles. The predicted molar refractivity (Wildman–Crippen MR) is 62.3 cm³/mol. The highest BCUT2D eigenvalue weighted by molar-refractivity contribution is 5.66. The number of aliphatic hydroxyl groups excluding tert-OH is 2. The molecule has 0 aromatic rings. The molecule has 0 rings (SSSR count). The SMILES string of the molecule is CCCCCCCC(O)C(O)CCC(=O)O. The fourth-order valence-electron chi connectivity index (χ4n) is 1.61. The lowest BCUT2D eigenvalue weighted by Gasteiger charge is -2.16. The van der Waals surface area contributed by atoms with Crippen molar-refractivity contribution in [2.45, 2.75) is 70.5 Å². The van der Waals surface area contributed by atoms with Gasteiger partial charge in [-0.05, 0) is 12.8 Å². The van der Waals surface area contributed by atoms with E-state index < -0.39 is 18.2 Å².